The van der Waals surface area contributed by atoms with E-state index in [1.165, 1.54) is 12.0 Å². The van der Waals surface area contributed by atoms with E-state index in [0.717, 1.165) is 51.8 Å². The van der Waals surface area contributed by atoms with Crippen molar-refractivity contribution in [3.8, 4) is 0 Å². The maximum atomic E-state index is 5.04. The fraction of sp³-hybridized carbons (Fsp3) is 0.682. The number of hydrogen-bond donors (Lipinski definition) is 1. The summed E-state index contributed by atoms with van der Waals surface area (Å²) in [6.45, 7) is 11.9. The van der Waals surface area contributed by atoms with Gasteiger partial charge >= 0.3 is 0 Å². The molecule has 0 aliphatic carbocycles. The number of benzene rings is 1. The molecule has 1 aromatic carbocycles. The lowest BCUT2D eigenvalue weighted by Gasteiger charge is -2.40. The van der Waals surface area contributed by atoms with Gasteiger partial charge in [-0.15, -0.1) is 0 Å². The number of aliphatic imine (C=N–C) groups is 1. The highest BCUT2D eigenvalue weighted by molar-refractivity contribution is 5.80. The maximum absolute atomic E-state index is 5.04. The van der Waals surface area contributed by atoms with Crippen LogP contribution in [0, 0.1) is 5.92 Å². The molecular formula is C22H37N5. The van der Waals surface area contributed by atoms with Gasteiger partial charge in [0.1, 0.15) is 0 Å². The van der Waals surface area contributed by atoms with E-state index < -0.39 is 0 Å². The Kier molecular flexibility index (Phi) is 7.13. The van der Waals surface area contributed by atoms with E-state index in [9.17, 15) is 0 Å². The smallest absolute Gasteiger partial charge is 0.193 e. The number of nitrogens with zero attached hydrogens (tertiary/aromatic N) is 4. The van der Waals surface area contributed by atoms with Gasteiger partial charge in [0, 0.05) is 45.3 Å². The van der Waals surface area contributed by atoms with Gasteiger partial charge in [0.15, 0.2) is 5.96 Å². The van der Waals surface area contributed by atoms with E-state index in [-0.39, 0.29) is 0 Å². The average Bonchev–Trinajstić information content (AvgIpc) is 2.68. The van der Waals surface area contributed by atoms with Crippen LogP contribution < -0.4 is 5.32 Å². The first-order valence-electron chi connectivity index (χ1n) is 10.6. The second-order valence-corrected chi connectivity index (χ2v) is 8.32. The number of likely N-dealkylation sites (tertiary alicyclic amines) is 1. The first kappa shape index (κ1) is 20.2. The monoisotopic (exact) mass is 371 g/mol. The number of likely N-dealkylation sites (N-methyl/N-ethyl adjacent to an activating group) is 2. The van der Waals surface area contributed by atoms with Crippen molar-refractivity contribution in [1.29, 1.82) is 0 Å². The maximum Gasteiger partial charge on any atom is 0.193 e. The zero-order valence-electron chi connectivity index (χ0n) is 17.6. The second kappa shape index (κ2) is 9.56. The summed E-state index contributed by atoms with van der Waals surface area (Å²) in [5.41, 5.74) is 1.48. The van der Waals surface area contributed by atoms with Gasteiger partial charge in [0.2, 0.25) is 0 Å². The molecule has 5 nitrogen and oxygen atoms in total. The molecule has 150 valence electrons. The minimum absolute atomic E-state index is 0.511. The summed E-state index contributed by atoms with van der Waals surface area (Å²) in [6.07, 6.45) is 1.20. The third-order valence-electron chi connectivity index (χ3n) is 6.20. The summed E-state index contributed by atoms with van der Waals surface area (Å²) < 4.78 is 0. The molecule has 3 rings (SSSR count). The zero-order valence-corrected chi connectivity index (χ0v) is 17.6. The van der Waals surface area contributed by atoms with Crippen molar-refractivity contribution in [3.05, 3.63) is 35.9 Å². The zero-order chi connectivity index (χ0) is 19.2. The van der Waals surface area contributed by atoms with E-state index in [4.69, 9.17) is 4.99 Å². The summed E-state index contributed by atoms with van der Waals surface area (Å²) in [6, 6.07) is 11.5. The van der Waals surface area contributed by atoms with E-state index in [0.29, 0.717) is 17.9 Å². The first-order valence-corrected chi connectivity index (χ1v) is 10.6. The molecule has 0 spiro atoms. The van der Waals surface area contributed by atoms with E-state index >= 15 is 0 Å². The average molecular weight is 372 g/mol. The van der Waals surface area contributed by atoms with Gasteiger partial charge in [-0.3, -0.25) is 9.89 Å². The molecule has 3 unspecified atom stereocenters. The van der Waals surface area contributed by atoms with Gasteiger partial charge in [0.25, 0.3) is 0 Å². The lowest BCUT2D eigenvalue weighted by molar-refractivity contribution is 0.119. The van der Waals surface area contributed by atoms with Crippen molar-refractivity contribution in [2.24, 2.45) is 10.9 Å². The van der Waals surface area contributed by atoms with Gasteiger partial charge < -0.3 is 15.1 Å². The van der Waals surface area contributed by atoms with Crippen LogP contribution in [0.25, 0.3) is 0 Å². The predicted molar refractivity (Wildman–Crippen MR) is 114 cm³/mol. The topological polar surface area (TPSA) is 34.1 Å². The Balaban J connectivity index is 1.63. The lowest BCUT2D eigenvalue weighted by atomic mass is 9.82. The summed E-state index contributed by atoms with van der Waals surface area (Å²) >= 11 is 0. The minimum Gasteiger partial charge on any atom is -0.357 e. The van der Waals surface area contributed by atoms with Crippen LogP contribution in [-0.2, 0) is 0 Å². The van der Waals surface area contributed by atoms with Crippen molar-refractivity contribution in [2.45, 2.75) is 32.2 Å². The van der Waals surface area contributed by atoms with Crippen LogP contribution >= 0.6 is 0 Å². The van der Waals surface area contributed by atoms with E-state index in [2.05, 4.69) is 78.3 Å². The molecule has 0 bridgehead atoms. The highest BCUT2D eigenvalue weighted by atomic mass is 15.3. The Morgan fingerprint density at radius 2 is 1.89 bits per heavy atom. The highest BCUT2D eigenvalue weighted by Gasteiger charge is 2.29. The lowest BCUT2D eigenvalue weighted by Crippen LogP contribution is -2.52. The van der Waals surface area contributed by atoms with Crippen LogP contribution in [0.2, 0.25) is 0 Å². The number of piperidine rings is 1. The van der Waals surface area contributed by atoms with Gasteiger partial charge in [-0.25, -0.2) is 0 Å². The fourth-order valence-corrected chi connectivity index (χ4v) is 4.45. The van der Waals surface area contributed by atoms with Crippen LogP contribution in [0.1, 0.15) is 31.7 Å². The Labute approximate surface area is 165 Å². The SMILES string of the molecule is CCNC(=NCC1CN(C)CCN1C)N1CCC(c2ccccc2)C(C)C1. The number of guanidine groups is 1. The molecule has 2 aliphatic rings. The standard InChI is InChI=1S/C22H37N5/c1-5-23-22(24-15-20-17-25(3)13-14-26(20)4)27-12-11-21(18(2)16-27)19-9-7-6-8-10-19/h6-10,18,20-21H,5,11-17H2,1-4H3,(H,23,24). The van der Waals surface area contributed by atoms with Gasteiger partial charge in [-0.2, -0.15) is 0 Å². The minimum atomic E-state index is 0.511. The van der Waals surface area contributed by atoms with Crippen LogP contribution in [0.15, 0.2) is 35.3 Å². The third-order valence-corrected chi connectivity index (χ3v) is 6.20. The van der Waals surface area contributed by atoms with Crippen molar-refractivity contribution in [3.63, 3.8) is 0 Å². The molecule has 3 atom stereocenters. The Bertz CT molecular complexity index is 602. The van der Waals surface area contributed by atoms with Crippen LogP contribution in [0.5, 0.6) is 0 Å². The number of piperazine rings is 1. The number of nitrogens with one attached hydrogen (secondary N) is 1. The largest absolute Gasteiger partial charge is 0.357 e. The molecular weight excluding hydrogens is 334 g/mol. The van der Waals surface area contributed by atoms with Crippen molar-refractivity contribution in [1.82, 2.24) is 20.0 Å². The molecule has 1 N–H and O–H groups in total. The quantitative estimate of drug-likeness (QED) is 0.651. The van der Waals surface area contributed by atoms with Gasteiger partial charge in [-0.05, 0) is 44.8 Å². The van der Waals surface area contributed by atoms with Crippen LogP contribution in [-0.4, -0.2) is 86.6 Å². The molecule has 0 amide bonds. The van der Waals surface area contributed by atoms with Crippen molar-refractivity contribution >= 4 is 5.96 Å². The third kappa shape index (κ3) is 5.23. The molecule has 2 fully saturated rings. The Morgan fingerprint density at radius 1 is 1.11 bits per heavy atom. The van der Waals surface area contributed by atoms with Gasteiger partial charge in [-0.1, -0.05) is 37.3 Å². The molecule has 0 radical (unpaired) electrons. The van der Waals surface area contributed by atoms with Gasteiger partial charge in [0.05, 0.1) is 6.54 Å². The molecule has 27 heavy (non-hydrogen) atoms. The molecule has 1 aromatic rings. The normalized spacial score (nSPS) is 28.4. The van der Waals surface area contributed by atoms with Crippen LogP contribution in [0.4, 0.5) is 0 Å². The van der Waals surface area contributed by atoms with Crippen molar-refractivity contribution in [2.75, 3.05) is 59.9 Å². The Hall–Kier alpha value is -1.59. The highest BCUT2D eigenvalue weighted by Crippen LogP contribution is 2.32. The second-order valence-electron chi connectivity index (χ2n) is 8.32. The van der Waals surface area contributed by atoms with E-state index in [1.807, 2.05) is 0 Å². The van der Waals surface area contributed by atoms with Crippen molar-refractivity contribution < 1.29 is 0 Å². The summed E-state index contributed by atoms with van der Waals surface area (Å²) in [5, 5.41) is 3.54. The summed E-state index contributed by atoms with van der Waals surface area (Å²) in [5.74, 6) is 2.38. The molecule has 0 saturated carbocycles. The number of hydrogen-bond acceptors (Lipinski definition) is 3. The van der Waals surface area contributed by atoms with E-state index in [1.54, 1.807) is 0 Å². The molecule has 2 aliphatic heterocycles. The summed E-state index contributed by atoms with van der Waals surface area (Å²) in [4.78, 5) is 12.4. The fourth-order valence-electron chi connectivity index (χ4n) is 4.45. The molecule has 2 saturated heterocycles. The molecule has 2 heterocycles. The molecule has 0 aromatic heterocycles. The Morgan fingerprint density at radius 3 is 2.59 bits per heavy atom. The first-order chi connectivity index (χ1) is 13.1. The summed E-state index contributed by atoms with van der Waals surface area (Å²) in [7, 11) is 4.44. The number of rotatable bonds is 4. The molecule has 5 heteroatoms. The predicted octanol–water partition coefficient (Wildman–Crippen LogP) is 2.32. The van der Waals surface area contributed by atoms with Crippen LogP contribution in [0.3, 0.4) is 0 Å².